The number of hydrogen-bond donors (Lipinski definition) is 2. The quantitative estimate of drug-likeness (QED) is 0.620. The van der Waals surface area contributed by atoms with E-state index in [-0.39, 0.29) is 12.3 Å². The van der Waals surface area contributed by atoms with Crippen LogP contribution < -0.4 is 4.90 Å². The molecule has 1 aromatic carbocycles. The van der Waals surface area contributed by atoms with Crippen molar-refractivity contribution in [3.8, 4) is 0 Å². The van der Waals surface area contributed by atoms with Gasteiger partial charge in [0.25, 0.3) is 5.69 Å². The molecule has 98 valence electrons. The number of benzene rings is 1. The standard InChI is InChI=1S/C12H16N2O4/c1-12(16)4-5-13(8-12)10-3-2-9(7-15)6-11(10)14(17)18/h2-3,6,15-16H,4-5,7-8H2,1H3. The van der Waals surface area contributed by atoms with Crippen LogP contribution in [-0.2, 0) is 6.61 Å². The van der Waals surface area contributed by atoms with Crippen molar-refractivity contribution >= 4 is 11.4 Å². The molecular weight excluding hydrogens is 236 g/mol. The van der Waals surface area contributed by atoms with Crippen LogP contribution >= 0.6 is 0 Å². The molecular formula is C12H16N2O4. The zero-order valence-electron chi connectivity index (χ0n) is 10.2. The Balaban J connectivity index is 2.36. The summed E-state index contributed by atoms with van der Waals surface area (Å²) in [6, 6.07) is 4.67. The average molecular weight is 252 g/mol. The largest absolute Gasteiger partial charge is 0.392 e. The molecule has 0 aromatic heterocycles. The van der Waals surface area contributed by atoms with Crippen LogP contribution in [-0.4, -0.2) is 33.8 Å². The molecule has 2 rings (SSSR count). The van der Waals surface area contributed by atoms with Gasteiger partial charge >= 0.3 is 0 Å². The van der Waals surface area contributed by atoms with Crippen LogP contribution in [0.1, 0.15) is 18.9 Å². The minimum atomic E-state index is -0.802. The van der Waals surface area contributed by atoms with Gasteiger partial charge in [-0.1, -0.05) is 6.07 Å². The summed E-state index contributed by atoms with van der Waals surface area (Å²) in [7, 11) is 0. The third-order valence-corrected chi connectivity index (χ3v) is 3.21. The second-order valence-corrected chi connectivity index (χ2v) is 4.91. The van der Waals surface area contributed by atoms with E-state index in [0.717, 1.165) is 0 Å². The molecule has 0 spiro atoms. The fraction of sp³-hybridized carbons (Fsp3) is 0.500. The fourth-order valence-electron chi connectivity index (χ4n) is 2.23. The summed E-state index contributed by atoms with van der Waals surface area (Å²) < 4.78 is 0. The first kappa shape index (κ1) is 12.8. The van der Waals surface area contributed by atoms with Crippen LogP contribution in [0.5, 0.6) is 0 Å². The van der Waals surface area contributed by atoms with E-state index in [4.69, 9.17) is 5.11 Å². The third-order valence-electron chi connectivity index (χ3n) is 3.21. The topological polar surface area (TPSA) is 86.8 Å². The Labute approximate surface area is 105 Å². The van der Waals surface area contributed by atoms with Crippen molar-refractivity contribution in [2.24, 2.45) is 0 Å². The van der Waals surface area contributed by atoms with Crippen LogP contribution in [0, 0.1) is 10.1 Å². The second-order valence-electron chi connectivity index (χ2n) is 4.91. The molecule has 0 amide bonds. The predicted molar refractivity (Wildman–Crippen MR) is 66.5 cm³/mol. The van der Waals surface area contributed by atoms with Crippen molar-refractivity contribution in [2.75, 3.05) is 18.0 Å². The van der Waals surface area contributed by atoms with E-state index in [0.29, 0.717) is 30.8 Å². The highest BCUT2D eigenvalue weighted by molar-refractivity contribution is 5.65. The molecule has 1 unspecified atom stereocenters. The lowest BCUT2D eigenvalue weighted by atomic mass is 10.1. The molecule has 0 radical (unpaired) electrons. The Hall–Kier alpha value is -1.66. The van der Waals surface area contributed by atoms with Gasteiger partial charge in [0.1, 0.15) is 5.69 Å². The lowest BCUT2D eigenvalue weighted by molar-refractivity contribution is -0.384. The highest BCUT2D eigenvalue weighted by Gasteiger charge is 2.34. The first-order valence-electron chi connectivity index (χ1n) is 5.78. The molecule has 1 saturated heterocycles. The lowest BCUT2D eigenvalue weighted by Crippen LogP contribution is -2.29. The van der Waals surface area contributed by atoms with Crippen molar-refractivity contribution < 1.29 is 15.1 Å². The molecule has 2 N–H and O–H groups in total. The summed E-state index contributed by atoms with van der Waals surface area (Å²) in [5.41, 5.74) is 0.175. The minimum Gasteiger partial charge on any atom is -0.392 e. The van der Waals surface area contributed by atoms with Crippen LogP contribution in [0.4, 0.5) is 11.4 Å². The third kappa shape index (κ3) is 2.44. The molecule has 6 nitrogen and oxygen atoms in total. The van der Waals surface area contributed by atoms with Crippen molar-refractivity contribution in [1.29, 1.82) is 0 Å². The number of anilines is 1. The second kappa shape index (κ2) is 4.55. The monoisotopic (exact) mass is 252 g/mol. The number of hydrogen-bond acceptors (Lipinski definition) is 5. The van der Waals surface area contributed by atoms with Crippen molar-refractivity contribution in [2.45, 2.75) is 25.6 Å². The van der Waals surface area contributed by atoms with Crippen LogP contribution in [0.3, 0.4) is 0 Å². The number of β-amino-alcohol motifs (C(OH)–C–C–N with tert-alkyl or cyclic N) is 1. The Morgan fingerprint density at radius 2 is 2.28 bits per heavy atom. The predicted octanol–water partition coefficient (Wildman–Crippen LogP) is 1.05. The number of aliphatic hydroxyl groups excluding tert-OH is 1. The van der Waals surface area contributed by atoms with Gasteiger partial charge in [-0.05, 0) is 25.0 Å². The molecule has 0 bridgehead atoms. The van der Waals surface area contributed by atoms with Gasteiger partial charge in [-0.2, -0.15) is 0 Å². The van der Waals surface area contributed by atoms with E-state index in [1.54, 1.807) is 24.0 Å². The van der Waals surface area contributed by atoms with E-state index >= 15 is 0 Å². The van der Waals surface area contributed by atoms with Gasteiger partial charge < -0.3 is 15.1 Å². The summed E-state index contributed by atoms with van der Waals surface area (Å²) in [4.78, 5) is 12.4. The molecule has 18 heavy (non-hydrogen) atoms. The van der Waals surface area contributed by atoms with Gasteiger partial charge in [-0.3, -0.25) is 10.1 Å². The Morgan fingerprint density at radius 3 is 2.78 bits per heavy atom. The molecule has 1 aromatic rings. The molecule has 0 saturated carbocycles. The highest BCUT2D eigenvalue weighted by atomic mass is 16.6. The minimum absolute atomic E-state index is 0.0285. The summed E-state index contributed by atoms with van der Waals surface area (Å²) >= 11 is 0. The molecule has 1 atom stereocenters. The van der Waals surface area contributed by atoms with E-state index in [1.165, 1.54) is 6.07 Å². The van der Waals surface area contributed by atoms with Crippen molar-refractivity contribution in [3.63, 3.8) is 0 Å². The number of nitro groups is 1. The van der Waals surface area contributed by atoms with E-state index < -0.39 is 10.5 Å². The number of rotatable bonds is 3. The first-order valence-corrected chi connectivity index (χ1v) is 5.78. The summed E-state index contributed by atoms with van der Waals surface area (Å²) in [6.07, 6.45) is 0.589. The van der Waals surface area contributed by atoms with Crippen LogP contribution in [0.25, 0.3) is 0 Å². The summed E-state index contributed by atoms with van der Waals surface area (Å²) in [6.45, 7) is 2.47. The molecule has 1 aliphatic heterocycles. The highest BCUT2D eigenvalue weighted by Crippen LogP contribution is 2.34. The fourth-order valence-corrected chi connectivity index (χ4v) is 2.23. The SMILES string of the molecule is CC1(O)CCN(c2ccc(CO)cc2[N+](=O)[O-])C1. The lowest BCUT2D eigenvalue weighted by Gasteiger charge is -2.20. The van der Waals surface area contributed by atoms with Gasteiger partial charge in [0, 0.05) is 19.2 Å². The van der Waals surface area contributed by atoms with Crippen molar-refractivity contribution in [3.05, 3.63) is 33.9 Å². The molecule has 1 heterocycles. The molecule has 1 aliphatic rings. The summed E-state index contributed by atoms with van der Waals surface area (Å²) in [5, 5.41) is 30.0. The first-order chi connectivity index (χ1) is 8.43. The van der Waals surface area contributed by atoms with Crippen LogP contribution in [0.15, 0.2) is 18.2 Å². The molecule has 6 heteroatoms. The summed E-state index contributed by atoms with van der Waals surface area (Å²) in [5.74, 6) is 0. The number of nitro benzene ring substituents is 1. The maximum absolute atomic E-state index is 11.0. The van der Waals surface area contributed by atoms with Gasteiger partial charge in [-0.25, -0.2) is 0 Å². The van der Waals surface area contributed by atoms with Gasteiger partial charge in [0.15, 0.2) is 0 Å². The smallest absolute Gasteiger partial charge is 0.292 e. The Morgan fingerprint density at radius 1 is 1.56 bits per heavy atom. The van der Waals surface area contributed by atoms with E-state index in [1.807, 2.05) is 0 Å². The Bertz CT molecular complexity index is 473. The van der Waals surface area contributed by atoms with E-state index in [9.17, 15) is 15.2 Å². The Kier molecular flexibility index (Phi) is 3.23. The zero-order valence-corrected chi connectivity index (χ0v) is 10.2. The van der Waals surface area contributed by atoms with Crippen LogP contribution in [0.2, 0.25) is 0 Å². The maximum Gasteiger partial charge on any atom is 0.292 e. The van der Waals surface area contributed by atoms with Gasteiger partial charge in [0.2, 0.25) is 0 Å². The average Bonchev–Trinajstić information content (AvgIpc) is 2.68. The van der Waals surface area contributed by atoms with Crippen molar-refractivity contribution in [1.82, 2.24) is 0 Å². The van der Waals surface area contributed by atoms with E-state index in [2.05, 4.69) is 0 Å². The molecule has 1 fully saturated rings. The van der Waals surface area contributed by atoms with Gasteiger partial charge in [-0.15, -0.1) is 0 Å². The zero-order chi connectivity index (χ0) is 13.3. The number of aliphatic hydroxyl groups is 2. The number of nitrogens with zero attached hydrogens (tertiary/aromatic N) is 2. The maximum atomic E-state index is 11.0. The normalized spacial score (nSPS) is 23.4. The molecule has 0 aliphatic carbocycles. The van der Waals surface area contributed by atoms with Gasteiger partial charge in [0.05, 0.1) is 17.1 Å².